The van der Waals surface area contributed by atoms with E-state index in [9.17, 15) is 4.79 Å². The van der Waals surface area contributed by atoms with Crippen LogP contribution in [0.5, 0.6) is 0 Å². The normalized spacial score (nSPS) is 23.3. The molecule has 0 amide bonds. The Balaban J connectivity index is 0.00000133. The van der Waals surface area contributed by atoms with Crippen LogP contribution in [0.25, 0.3) is 11.0 Å². The standard InChI is InChI=1S/C13H16ClN3O.ClH/c1-8-6-10(4-5-15-8)17-12-3-2-9(14)7-11(12)16-13(17)18;/h2-3,7-8,10,15H,4-6H2,1H3,(H,16,18);1H. The van der Waals surface area contributed by atoms with Crippen molar-refractivity contribution in [2.75, 3.05) is 6.54 Å². The first-order valence-corrected chi connectivity index (χ1v) is 6.66. The lowest BCUT2D eigenvalue weighted by Gasteiger charge is -2.28. The van der Waals surface area contributed by atoms with Crippen molar-refractivity contribution in [3.05, 3.63) is 33.7 Å². The van der Waals surface area contributed by atoms with E-state index in [1.807, 2.05) is 16.7 Å². The zero-order valence-electron chi connectivity index (χ0n) is 10.6. The van der Waals surface area contributed by atoms with Crippen molar-refractivity contribution < 1.29 is 0 Å². The molecule has 1 aliphatic rings. The molecule has 2 unspecified atom stereocenters. The Labute approximate surface area is 122 Å². The average molecular weight is 302 g/mol. The summed E-state index contributed by atoms with van der Waals surface area (Å²) in [5, 5.41) is 4.05. The van der Waals surface area contributed by atoms with Gasteiger partial charge in [0.15, 0.2) is 0 Å². The van der Waals surface area contributed by atoms with Crippen LogP contribution in [-0.2, 0) is 0 Å². The van der Waals surface area contributed by atoms with E-state index in [-0.39, 0.29) is 24.1 Å². The fourth-order valence-corrected chi connectivity index (χ4v) is 2.98. The fourth-order valence-electron chi connectivity index (χ4n) is 2.81. The lowest BCUT2D eigenvalue weighted by molar-refractivity contribution is 0.314. The zero-order chi connectivity index (χ0) is 12.7. The third-order valence-electron chi connectivity index (χ3n) is 3.64. The van der Waals surface area contributed by atoms with E-state index in [0.717, 1.165) is 30.4 Å². The van der Waals surface area contributed by atoms with E-state index < -0.39 is 0 Å². The van der Waals surface area contributed by atoms with Gasteiger partial charge in [-0.15, -0.1) is 12.4 Å². The Hall–Kier alpha value is -0.970. The van der Waals surface area contributed by atoms with Crippen LogP contribution in [0.15, 0.2) is 23.0 Å². The number of hydrogen-bond donors (Lipinski definition) is 2. The number of piperidine rings is 1. The third kappa shape index (κ3) is 2.66. The molecular formula is C13H17Cl2N3O. The number of benzene rings is 1. The second kappa shape index (κ2) is 5.57. The number of aromatic amines is 1. The average Bonchev–Trinajstić information content (AvgIpc) is 2.64. The minimum atomic E-state index is -0.0358. The molecule has 1 fully saturated rings. The van der Waals surface area contributed by atoms with Gasteiger partial charge in [-0.05, 0) is 44.5 Å². The van der Waals surface area contributed by atoms with Crippen molar-refractivity contribution >= 4 is 35.0 Å². The minimum Gasteiger partial charge on any atom is -0.314 e. The second-order valence-corrected chi connectivity index (χ2v) is 5.43. The number of halogens is 2. The van der Waals surface area contributed by atoms with Crippen LogP contribution in [0.3, 0.4) is 0 Å². The highest BCUT2D eigenvalue weighted by Crippen LogP contribution is 2.25. The van der Waals surface area contributed by atoms with E-state index in [2.05, 4.69) is 17.2 Å². The Bertz CT molecular complexity index is 634. The highest BCUT2D eigenvalue weighted by Gasteiger charge is 2.23. The minimum absolute atomic E-state index is 0. The molecule has 0 spiro atoms. The summed E-state index contributed by atoms with van der Waals surface area (Å²) in [7, 11) is 0. The number of nitrogens with one attached hydrogen (secondary N) is 2. The molecule has 19 heavy (non-hydrogen) atoms. The summed E-state index contributed by atoms with van der Waals surface area (Å²) in [5.41, 5.74) is 1.73. The molecule has 2 atom stereocenters. The van der Waals surface area contributed by atoms with Gasteiger partial charge in [0, 0.05) is 17.1 Å². The molecule has 1 saturated heterocycles. The molecule has 4 nitrogen and oxygen atoms in total. The van der Waals surface area contributed by atoms with Gasteiger partial charge >= 0.3 is 5.69 Å². The smallest absolute Gasteiger partial charge is 0.314 e. The predicted octanol–water partition coefficient (Wildman–Crippen LogP) is 2.72. The molecule has 2 aromatic rings. The quantitative estimate of drug-likeness (QED) is 0.851. The molecule has 2 heterocycles. The highest BCUT2D eigenvalue weighted by atomic mass is 35.5. The highest BCUT2D eigenvalue weighted by molar-refractivity contribution is 6.31. The molecule has 1 aromatic heterocycles. The largest absolute Gasteiger partial charge is 0.326 e. The van der Waals surface area contributed by atoms with Crippen molar-refractivity contribution in [2.24, 2.45) is 0 Å². The maximum atomic E-state index is 12.1. The molecule has 0 bridgehead atoms. The molecule has 3 rings (SSSR count). The summed E-state index contributed by atoms with van der Waals surface area (Å²) < 4.78 is 1.88. The number of imidazole rings is 1. The van der Waals surface area contributed by atoms with Gasteiger partial charge in [-0.3, -0.25) is 4.57 Å². The summed E-state index contributed by atoms with van der Waals surface area (Å²) in [6.45, 7) is 3.11. The van der Waals surface area contributed by atoms with Crippen molar-refractivity contribution in [1.29, 1.82) is 0 Å². The fraction of sp³-hybridized carbons (Fsp3) is 0.462. The van der Waals surface area contributed by atoms with Gasteiger partial charge in [0.1, 0.15) is 0 Å². The van der Waals surface area contributed by atoms with Crippen LogP contribution < -0.4 is 11.0 Å². The summed E-state index contributed by atoms with van der Waals surface area (Å²) in [4.78, 5) is 15.0. The lowest BCUT2D eigenvalue weighted by Crippen LogP contribution is -2.38. The van der Waals surface area contributed by atoms with Gasteiger partial charge in [-0.25, -0.2) is 4.79 Å². The zero-order valence-corrected chi connectivity index (χ0v) is 12.2. The maximum absolute atomic E-state index is 12.1. The first-order valence-electron chi connectivity index (χ1n) is 6.28. The number of aromatic nitrogens is 2. The van der Waals surface area contributed by atoms with E-state index >= 15 is 0 Å². The van der Waals surface area contributed by atoms with Crippen molar-refractivity contribution in [2.45, 2.75) is 31.8 Å². The second-order valence-electron chi connectivity index (χ2n) is 4.99. The van der Waals surface area contributed by atoms with E-state index in [1.165, 1.54) is 0 Å². The Morgan fingerprint density at radius 1 is 1.42 bits per heavy atom. The molecule has 2 N–H and O–H groups in total. The van der Waals surface area contributed by atoms with Crippen LogP contribution in [0, 0.1) is 0 Å². The molecule has 0 saturated carbocycles. The molecule has 104 valence electrons. The topological polar surface area (TPSA) is 49.8 Å². The third-order valence-corrected chi connectivity index (χ3v) is 3.87. The van der Waals surface area contributed by atoms with Crippen LogP contribution in [0.1, 0.15) is 25.8 Å². The van der Waals surface area contributed by atoms with Crippen molar-refractivity contribution in [3.8, 4) is 0 Å². The summed E-state index contributed by atoms with van der Waals surface area (Å²) in [6, 6.07) is 6.27. The van der Waals surface area contributed by atoms with Gasteiger partial charge < -0.3 is 10.3 Å². The molecule has 6 heteroatoms. The Morgan fingerprint density at radius 3 is 2.95 bits per heavy atom. The number of hydrogen-bond acceptors (Lipinski definition) is 2. The van der Waals surface area contributed by atoms with Gasteiger partial charge in [0.05, 0.1) is 11.0 Å². The first kappa shape index (κ1) is 14.4. The van der Waals surface area contributed by atoms with E-state index in [1.54, 1.807) is 6.07 Å². The van der Waals surface area contributed by atoms with E-state index in [4.69, 9.17) is 11.6 Å². The summed E-state index contributed by atoms with van der Waals surface area (Å²) in [5.74, 6) is 0. The Kier molecular flexibility index (Phi) is 4.23. The predicted molar refractivity (Wildman–Crippen MR) is 80.6 cm³/mol. The van der Waals surface area contributed by atoms with Crippen LogP contribution in [-0.4, -0.2) is 22.1 Å². The maximum Gasteiger partial charge on any atom is 0.326 e. The van der Waals surface area contributed by atoms with Gasteiger partial charge in [-0.2, -0.15) is 0 Å². The van der Waals surface area contributed by atoms with Gasteiger partial charge in [0.2, 0.25) is 0 Å². The monoisotopic (exact) mass is 301 g/mol. The van der Waals surface area contributed by atoms with Crippen molar-refractivity contribution in [3.63, 3.8) is 0 Å². The molecule has 1 aliphatic heterocycles. The summed E-state index contributed by atoms with van der Waals surface area (Å²) >= 11 is 5.95. The number of H-pyrrole nitrogens is 1. The number of fused-ring (bicyclic) bond motifs is 1. The van der Waals surface area contributed by atoms with Crippen LogP contribution in [0.4, 0.5) is 0 Å². The van der Waals surface area contributed by atoms with Crippen LogP contribution >= 0.6 is 24.0 Å². The molecule has 0 radical (unpaired) electrons. The lowest BCUT2D eigenvalue weighted by atomic mass is 10.0. The molecule has 0 aliphatic carbocycles. The van der Waals surface area contributed by atoms with Gasteiger partial charge in [-0.1, -0.05) is 11.6 Å². The van der Waals surface area contributed by atoms with Gasteiger partial charge in [0.25, 0.3) is 0 Å². The molecular weight excluding hydrogens is 285 g/mol. The van der Waals surface area contributed by atoms with E-state index in [0.29, 0.717) is 11.1 Å². The Morgan fingerprint density at radius 2 is 2.21 bits per heavy atom. The SMILES string of the molecule is CC1CC(n2c(=O)[nH]c3cc(Cl)ccc32)CCN1.Cl. The number of rotatable bonds is 1. The molecule has 1 aromatic carbocycles. The number of nitrogens with zero attached hydrogens (tertiary/aromatic N) is 1. The summed E-state index contributed by atoms with van der Waals surface area (Å²) in [6.07, 6.45) is 1.97. The van der Waals surface area contributed by atoms with Crippen molar-refractivity contribution in [1.82, 2.24) is 14.9 Å². The first-order chi connectivity index (χ1) is 8.65. The van der Waals surface area contributed by atoms with Crippen LogP contribution in [0.2, 0.25) is 5.02 Å².